The smallest absolute Gasteiger partial charge is 0.330 e. The number of hydrogen-bond donors (Lipinski definition) is 1. The second kappa shape index (κ2) is 4.99. The Labute approximate surface area is 99.9 Å². The van der Waals surface area contributed by atoms with E-state index in [1.54, 1.807) is 13.0 Å². The van der Waals surface area contributed by atoms with Crippen molar-refractivity contribution < 1.29 is 14.1 Å². The van der Waals surface area contributed by atoms with Gasteiger partial charge >= 0.3 is 6.03 Å². The molecule has 0 saturated carbocycles. The highest BCUT2D eigenvalue weighted by molar-refractivity contribution is 5.94. The molecule has 0 saturated heterocycles. The van der Waals surface area contributed by atoms with Gasteiger partial charge in [-0.3, -0.25) is 15.0 Å². The van der Waals surface area contributed by atoms with Crippen LogP contribution in [0.3, 0.4) is 0 Å². The van der Waals surface area contributed by atoms with Crippen molar-refractivity contribution in [3.63, 3.8) is 0 Å². The van der Waals surface area contributed by atoms with Crippen molar-refractivity contribution in [3.05, 3.63) is 11.8 Å². The van der Waals surface area contributed by atoms with Crippen molar-refractivity contribution in [1.82, 2.24) is 10.1 Å². The van der Waals surface area contributed by atoms with Crippen LogP contribution in [0.1, 0.15) is 33.4 Å². The Hall–Kier alpha value is -1.85. The van der Waals surface area contributed by atoms with Crippen molar-refractivity contribution in [2.75, 3.05) is 11.9 Å². The number of urea groups is 1. The molecule has 0 aromatic carbocycles. The van der Waals surface area contributed by atoms with E-state index in [-0.39, 0.29) is 11.3 Å². The molecule has 0 aliphatic carbocycles. The summed E-state index contributed by atoms with van der Waals surface area (Å²) in [6.07, 6.45) is 0.469. The third kappa shape index (κ3) is 3.30. The van der Waals surface area contributed by atoms with Gasteiger partial charge in [0, 0.05) is 18.0 Å². The summed E-state index contributed by atoms with van der Waals surface area (Å²) in [5.41, 5.74) is 0.587. The summed E-state index contributed by atoms with van der Waals surface area (Å²) in [6.45, 7) is 7.96. The average molecular weight is 239 g/mol. The Kier molecular flexibility index (Phi) is 3.88. The minimum atomic E-state index is -0.529. The van der Waals surface area contributed by atoms with E-state index in [0.29, 0.717) is 13.0 Å². The molecule has 94 valence electrons. The molecule has 0 aliphatic rings. The molecule has 1 N–H and O–H groups in total. The van der Waals surface area contributed by atoms with Crippen molar-refractivity contribution in [2.45, 2.75) is 33.1 Å². The van der Waals surface area contributed by atoms with Gasteiger partial charge in [-0.05, 0) is 6.92 Å². The number of carbonyl (C=O) groups is 2. The first kappa shape index (κ1) is 13.2. The Bertz CT molecular complexity index is 406. The van der Waals surface area contributed by atoms with Crippen molar-refractivity contribution in [1.29, 1.82) is 0 Å². The van der Waals surface area contributed by atoms with Crippen LogP contribution in [0.15, 0.2) is 10.6 Å². The van der Waals surface area contributed by atoms with Crippen LogP contribution >= 0.6 is 0 Å². The van der Waals surface area contributed by atoms with Gasteiger partial charge in [0.15, 0.2) is 0 Å². The van der Waals surface area contributed by atoms with E-state index in [1.165, 1.54) is 0 Å². The maximum atomic E-state index is 11.5. The Morgan fingerprint density at radius 2 is 2.24 bits per heavy atom. The van der Waals surface area contributed by atoms with Gasteiger partial charge in [-0.1, -0.05) is 25.9 Å². The van der Waals surface area contributed by atoms with E-state index in [1.807, 2.05) is 20.8 Å². The number of nitrogens with one attached hydrogen (secondary N) is 1. The molecule has 0 spiro atoms. The molecule has 3 amide bonds. The molecule has 6 heteroatoms. The quantitative estimate of drug-likeness (QED) is 0.818. The molecule has 0 bridgehead atoms. The standard InChI is InChI=1S/C11H17N3O3/c1-5-14(7-15)10(16)12-9-6-8(13-17-9)11(2,3)4/h6-7H,5H2,1-4H3,(H,12,16). The van der Waals surface area contributed by atoms with Crippen molar-refractivity contribution >= 4 is 18.3 Å². The van der Waals surface area contributed by atoms with E-state index >= 15 is 0 Å². The second-order valence-corrected chi connectivity index (χ2v) is 4.65. The maximum absolute atomic E-state index is 11.5. The summed E-state index contributed by atoms with van der Waals surface area (Å²) in [5, 5.41) is 6.32. The zero-order valence-electron chi connectivity index (χ0n) is 10.5. The van der Waals surface area contributed by atoms with Gasteiger partial charge in [-0.2, -0.15) is 0 Å². The monoisotopic (exact) mass is 239 g/mol. The lowest BCUT2D eigenvalue weighted by Crippen LogP contribution is -2.33. The van der Waals surface area contributed by atoms with Crippen LogP contribution in [-0.2, 0) is 10.2 Å². The molecular weight excluding hydrogens is 222 g/mol. The number of rotatable bonds is 3. The van der Waals surface area contributed by atoms with Crippen LogP contribution in [0.2, 0.25) is 0 Å². The van der Waals surface area contributed by atoms with Gasteiger partial charge < -0.3 is 4.52 Å². The molecule has 1 rings (SSSR count). The van der Waals surface area contributed by atoms with E-state index in [9.17, 15) is 9.59 Å². The number of anilines is 1. The first-order chi connectivity index (χ1) is 7.88. The first-order valence-corrected chi connectivity index (χ1v) is 5.38. The van der Waals surface area contributed by atoms with Crippen molar-refractivity contribution in [2.24, 2.45) is 0 Å². The molecular formula is C11H17N3O3. The fourth-order valence-corrected chi connectivity index (χ4v) is 1.13. The lowest BCUT2D eigenvalue weighted by atomic mass is 9.92. The van der Waals surface area contributed by atoms with Crippen LogP contribution in [0.5, 0.6) is 0 Å². The molecule has 6 nitrogen and oxygen atoms in total. The molecule has 1 aromatic heterocycles. The SMILES string of the molecule is CCN(C=O)C(=O)Nc1cc(C(C)(C)C)no1. The molecule has 17 heavy (non-hydrogen) atoms. The van der Waals surface area contributed by atoms with Crippen LogP contribution < -0.4 is 5.32 Å². The van der Waals surface area contributed by atoms with Crippen molar-refractivity contribution in [3.8, 4) is 0 Å². The summed E-state index contributed by atoms with van der Waals surface area (Å²) in [5.74, 6) is 0.236. The minimum absolute atomic E-state index is 0.151. The zero-order valence-corrected chi connectivity index (χ0v) is 10.5. The Morgan fingerprint density at radius 3 is 2.65 bits per heavy atom. The normalized spacial score (nSPS) is 11.1. The predicted octanol–water partition coefficient (Wildman–Crippen LogP) is 1.98. The molecule has 1 heterocycles. The number of carbonyl (C=O) groups excluding carboxylic acids is 2. The number of imide groups is 1. The van der Waals surface area contributed by atoms with Crippen LogP contribution in [0.4, 0.5) is 10.7 Å². The van der Waals surface area contributed by atoms with Gasteiger partial charge in [0.1, 0.15) is 0 Å². The highest BCUT2D eigenvalue weighted by atomic mass is 16.5. The van der Waals surface area contributed by atoms with Gasteiger partial charge in [-0.25, -0.2) is 4.79 Å². The number of aromatic nitrogens is 1. The summed E-state index contributed by atoms with van der Waals surface area (Å²) in [7, 11) is 0. The second-order valence-electron chi connectivity index (χ2n) is 4.65. The van der Waals surface area contributed by atoms with Gasteiger partial charge in [0.05, 0.1) is 5.69 Å². The lowest BCUT2D eigenvalue weighted by Gasteiger charge is -2.13. The van der Waals surface area contributed by atoms with E-state index in [0.717, 1.165) is 10.6 Å². The third-order valence-corrected chi connectivity index (χ3v) is 2.24. The molecule has 0 fully saturated rings. The average Bonchev–Trinajstić information content (AvgIpc) is 2.67. The highest BCUT2D eigenvalue weighted by Gasteiger charge is 2.20. The summed E-state index contributed by atoms with van der Waals surface area (Å²) in [6, 6.07) is 1.12. The molecule has 0 atom stereocenters. The van der Waals surface area contributed by atoms with E-state index < -0.39 is 6.03 Å². The Balaban J connectivity index is 2.73. The minimum Gasteiger partial charge on any atom is -0.338 e. The number of nitrogens with zero attached hydrogens (tertiary/aromatic N) is 2. The highest BCUT2D eigenvalue weighted by Crippen LogP contribution is 2.23. The zero-order chi connectivity index (χ0) is 13.1. The largest absolute Gasteiger partial charge is 0.338 e. The summed E-state index contributed by atoms with van der Waals surface area (Å²) >= 11 is 0. The fourth-order valence-electron chi connectivity index (χ4n) is 1.13. The predicted molar refractivity (Wildman–Crippen MR) is 62.7 cm³/mol. The number of amides is 3. The molecule has 1 aromatic rings. The van der Waals surface area contributed by atoms with Gasteiger partial charge in [0.25, 0.3) is 0 Å². The molecule has 0 radical (unpaired) electrons. The summed E-state index contributed by atoms with van der Waals surface area (Å²) in [4.78, 5) is 23.1. The third-order valence-electron chi connectivity index (χ3n) is 2.24. The topological polar surface area (TPSA) is 75.4 Å². The number of hydrogen-bond acceptors (Lipinski definition) is 4. The van der Waals surface area contributed by atoms with Crippen LogP contribution in [0.25, 0.3) is 0 Å². The van der Waals surface area contributed by atoms with Gasteiger partial charge in [0.2, 0.25) is 12.3 Å². The Morgan fingerprint density at radius 1 is 1.59 bits per heavy atom. The van der Waals surface area contributed by atoms with Crippen LogP contribution in [-0.4, -0.2) is 29.0 Å². The summed E-state index contributed by atoms with van der Waals surface area (Å²) < 4.78 is 4.98. The van der Waals surface area contributed by atoms with Gasteiger partial charge in [-0.15, -0.1) is 0 Å². The maximum Gasteiger partial charge on any atom is 0.330 e. The first-order valence-electron chi connectivity index (χ1n) is 5.38. The molecule has 0 aliphatic heterocycles. The lowest BCUT2D eigenvalue weighted by molar-refractivity contribution is -0.115. The molecule has 0 unspecified atom stereocenters. The van der Waals surface area contributed by atoms with E-state index in [4.69, 9.17) is 4.52 Å². The van der Waals surface area contributed by atoms with E-state index in [2.05, 4.69) is 10.5 Å². The van der Waals surface area contributed by atoms with Crippen LogP contribution in [0, 0.1) is 0 Å². The fraction of sp³-hybridized carbons (Fsp3) is 0.545.